The van der Waals surface area contributed by atoms with E-state index in [9.17, 15) is 18.0 Å². The standard InChI is InChI=1S/C24H29ClF3N5O/c1-13(2)10-14(3)20-21(29)32-33-22(20)30-12-15-4-7-17(8-5-15)31-23(34)18-11-16(24(26,27)28)6-9-19(18)25/h6,9-11,15,17H,1,4-5,7-8,12H2,2-3H3,(H,31,34)(H4,29,30,32,33)/b14-10-/t15-,17-. The molecule has 34 heavy (non-hydrogen) atoms. The van der Waals surface area contributed by atoms with Gasteiger partial charge in [-0.1, -0.05) is 29.8 Å². The van der Waals surface area contributed by atoms with Crippen LogP contribution in [0.4, 0.5) is 24.8 Å². The number of rotatable bonds is 7. The highest BCUT2D eigenvalue weighted by atomic mass is 35.5. The third kappa shape index (κ3) is 6.34. The van der Waals surface area contributed by atoms with Crippen molar-refractivity contribution in [1.82, 2.24) is 15.5 Å². The number of hydrogen-bond acceptors (Lipinski definition) is 4. The van der Waals surface area contributed by atoms with Gasteiger partial charge in [-0.3, -0.25) is 9.89 Å². The van der Waals surface area contributed by atoms with Gasteiger partial charge in [0.25, 0.3) is 5.91 Å². The molecule has 0 radical (unpaired) electrons. The van der Waals surface area contributed by atoms with Crippen LogP contribution >= 0.6 is 11.6 Å². The van der Waals surface area contributed by atoms with E-state index >= 15 is 0 Å². The van der Waals surface area contributed by atoms with Crippen LogP contribution in [0, 0.1) is 5.92 Å². The molecule has 0 spiro atoms. The summed E-state index contributed by atoms with van der Waals surface area (Å²) >= 11 is 5.98. The first-order chi connectivity index (χ1) is 16.0. The van der Waals surface area contributed by atoms with E-state index in [-0.39, 0.29) is 16.6 Å². The van der Waals surface area contributed by atoms with Crippen LogP contribution in [0.25, 0.3) is 5.57 Å². The van der Waals surface area contributed by atoms with Gasteiger partial charge in [-0.2, -0.15) is 18.3 Å². The Balaban J connectivity index is 1.54. The Morgan fingerprint density at radius 3 is 2.59 bits per heavy atom. The zero-order valence-electron chi connectivity index (χ0n) is 19.2. The van der Waals surface area contributed by atoms with Gasteiger partial charge < -0.3 is 16.4 Å². The number of alkyl halides is 3. The minimum absolute atomic E-state index is 0.00606. The molecule has 10 heteroatoms. The first kappa shape index (κ1) is 25.7. The number of H-pyrrole nitrogens is 1. The van der Waals surface area contributed by atoms with Crippen molar-refractivity contribution in [3.63, 3.8) is 0 Å². The van der Waals surface area contributed by atoms with E-state index in [4.69, 9.17) is 17.3 Å². The van der Waals surface area contributed by atoms with Crippen LogP contribution in [-0.4, -0.2) is 28.7 Å². The normalized spacial score (nSPS) is 19.1. The average Bonchev–Trinajstić information content (AvgIpc) is 3.12. The number of benzene rings is 1. The molecule has 0 atom stereocenters. The highest BCUT2D eigenvalue weighted by Gasteiger charge is 2.32. The fraction of sp³-hybridized carbons (Fsp3) is 0.417. The minimum atomic E-state index is -4.54. The van der Waals surface area contributed by atoms with Crippen molar-refractivity contribution in [2.75, 3.05) is 17.6 Å². The minimum Gasteiger partial charge on any atom is -0.384 e. The fourth-order valence-corrected chi connectivity index (χ4v) is 4.42. The van der Waals surface area contributed by atoms with Crippen molar-refractivity contribution >= 4 is 34.7 Å². The number of carbonyl (C=O) groups is 1. The lowest BCUT2D eigenvalue weighted by Gasteiger charge is -2.29. The molecule has 0 saturated heterocycles. The number of carbonyl (C=O) groups excluding carboxylic acids is 1. The maximum Gasteiger partial charge on any atom is 0.416 e. The maximum absolute atomic E-state index is 13.0. The van der Waals surface area contributed by atoms with Crippen LogP contribution in [0.15, 0.2) is 36.4 Å². The van der Waals surface area contributed by atoms with E-state index < -0.39 is 17.6 Å². The number of halogens is 4. The van der Waals surface area contributed by atoms with Gasteiger partial charge in [-0.25, -0.2) is 0 Å². The van der Waals surface area contributed by atoms with Gasteiger partial charge in [-0.05, 0) is 69.2 Å². The van der Waals surface area contributed by atoms with Gasteiger partial charge in [0.15, 0.2) is 5.82 Å². The van der Waals surface area contributed by atoms with Crippen LogP contribution in [0.1, 0.15) is 61.0 Å². The van der Waals surface area contributed by atoms with Crippen LogP contribution in [-0.2, 0) is 6.18 Å². The third-order valence-corrected chi connectivity index (χ3v) is 6.26. The zero-order valence-corrected chi connectivity index (χ0v) is 19.9. The van der Waals surface area contributed by atoms with Crippen molar-refractivity contribution in [2.45, 2.75) is 51.7 Å². The Labute approximate surface area is 201 Å². The molecular formula is C24H29ClF3N5O. The zero-order chi connectivity index (χ0) is 25.0. The molecule has 1 amide bonds. The Hall–Kier alpha value is -2.94. The number of anilines is 2. The summed E-state index contributed by atoms with van der Waals surface area (Å²) in [6, 6.07) is 2.65. The van der Waals surface area contributed by atoms with Gasteiger partial charge in [0.2, 0.25) is 0 Å². The summed E-state index contributed by atoms with van der Waals surface area (Å²) in [5, 5.41) is 13.3. The predicted molar refractivity (Wildman–Crippen MR) is 130 cm³/mol. The molecule has 1 fully saturated rings. The Kier molecular flexibility index (Phi) is 7.97. The van der Waals surface area contributed by atoms with Gasteiger partial charge in [0, 0.05) is 12.6 Å². The monoisotopic (exact) mass is 495 g/mol. The third-order valence-electron chi connectivity index (χ3n) is 5.93. The highest BCUT2D eigenvalue weighted by molar-refractivity contribution is 6.33. The highest BCUT2D eigenvalue weighted by Crippen LogP contribution is 2.33. The lowest BCUT2D eigenvalue weighted by Crippen LogP contribution is -2.38. The van der Waals surface area contributed by atoms with Gasteiger partial charge in [0.05, 0.1) is 21.7 Å². The number of nitrogens with one attached hydrogen (secondary N) is 3. The molecule has 1 aliphatic rings. The molecule has 6 nitrogen and oxygen atoms in total. The van der Waals surface area contributed by atoms with Crippen LogP contribution in [0.2, 0.25) is 5.02 Å². The molecule has 184 valence electrons. The summed E-state index contributed by atoms with van der Waals surface area (Å²) in [6.45, 7) is 8.44. The second-order valence-corrected chi connectivity index (χ2v) is 9.21. The molecule has 3 rings (SSSR count). The number of nitrogen functional groups attached to an aromatic ring is 1. The molecule has 2 aromatic rings. The lowest BCUT2D eigenvalue weighted by atomic mass is 9.86. The van der Waals surface area contributed by atoms with Crippen molar-refractivity contribution in [2.24, 2.45) is 5.92 Å². The Morgan fingerprint density at radius 1 is 1.29 bits per heavy atom. The Bertz CT molecular complexity index is 1080. The van der Waals surface area contributed by atoms with Crippen LogP contribution < -0.4 is 16.4 Å². The second-order valence-electron chi connectivity index (χ2n) is 8.80. The molecule has 0 bridgehead atoms. The van der Waals surface area contributed by atoms with Crippen molar-refractivity contribution in [1.29, 1.82) is 0 Å². The fourth-order valence-electron chi connectivity index (χ4n) is 4.22. The van der Waals surface area contributed by atoms with E-state index in [1.165, 1.54) is 0 Å². The number of aromatic amines is 1. The molecule has 1 aliphatic carbocycles. The van der Waals surface area contributed by atoms with Crippen molar-refractivity contribution in [3.8, 4) is 0 Å². The van der Waals surface area contributed by atoms with Crippen molar-refractivity contribution in [3.05, 3.63) is 58.1 Å². The summed E-state index contributed by atoms with van der Waals surface area (Å²) < 4.78 is 39.0. The SMILES string of the molecule is C=C(C)/C=C(/C)c1c(NC[C@H]2CC[C@H](NC(=O)c3cc(C(F)(F)F)ccc3Cl)CC2)n[nH]c1N. The first-order valence-electron chi connectivity index (χ1n) is 11.0. The summed E-state index contributed by atoms with van der Waals surface area (Å²) in [7, 11) is 0. The maximum atomic E-state index is 13.0. The first-order valence-corrected chi connectivity index (χ1v) is 11.4. The predicted octanol–water partition coefficient (Wildman–Crippen LogP) is 6.04. The number of aromatic nitrogens is 2. The molecule has 0 aliphatic heterocycles. The molecule has 5 N–H and O–H groups in total. The largest absolute Gasteiger partial charge is 0.416 e. The Morgan fingerprint density at radius 2 is 1.97 bits per heavy atom. The number of nitrogens with two attached hydrogens (primary N) is 1. The molecule has 1 aromatic heterocycles. The number of amides is 1. The number of allylic oxidation sites excluding steroid dienone is 3. The van der Waals surface area contributed by atoms with Gasteiger partial charge in [-0.15, -0.1) is 0 Å². The van der Waals surface area contributed by atoms with Gasteiger partial charge in [0.1, 0.15) is 5.82 Å². The van der Waals surface area contributed by atoms with E-state index in [1.807, 2.05) is 19.9 Å². The lowest BCUT2D eigenvalue weighted by molar-refractivity contribution is -0.137. The summed E-state index contributed by atoms with van der Waals surface area (Å²) in [4.78, 5) is 12.6. The second kappa shape index (κ2) is 10.5. The molecular weight excluding hydrogens is 467 g/mol. The van der Waals surface area contributed by atoms with E-state index in [0.717, 1.165) is 60.6 Å². The van der Waals surface area contributed by atoms with Crippen LogP contribution in [0.5, 0.6) is 0 Å². The summed E-state index contributed by atoms with van der Waals surface area (Å²) in [5.41, 5.74) is 7.67. The average molecular weight is 496 g/mol. The summed E-state index contributed by atoms with van der Waals surface area (Å²) in [6.07, 6.45) is 0.547. The van der Waals surface area contributed by atoms with Crippen molar-refractivity contribution < 1.29 is 18.0 Å². The topological polar surface area (TPSA) is 95.8 Å². The quantitative estimate of drug-likeness (QED) is 0.352. The van der Waals surface area contributed by atoms with E-state index in [1.54, 1.807) is 0 Å². The molecule has 1 heterocycles. The number of hydrogen-bond donors (Lipinski definition) is 4. The smallest absolute Gasteiger partial charge is 0.384 e. The van der Waals surface area contributed by atoms with E-state index in [0.29, 0.717) is 24.1 Å². The molecule has 1 aromatic carbocycles. The molecule has 1 saturated carbocycles. The van der Waals surface area contributed by atoms with Crippen LogP contribution in [0.3, 0.4) is 0 Å². The summed E-state index contributed by atoms with van der Waals surface area (Å²) in [5.74, 6) is 0.940. The van der Waals surface area contributed by atoms with E-state index in [2.05, 4.69) is 27.4 Å². The molecule has 0 unspecified atom stereocenters. The number of nitrogens with zero attached hydrogens (tertiary/aromatic N) is 1. The van der Waals surface area contributed by atoms with Gasteiger partial charge >= 0.3 is 6.18 Å².